The Morgan fingerprint density at radius 2 is 1.85 bits per heavy atom. The number of hydrogen-bond acceptors (Lipinski definition) is 5. The molecule has 4 aromatic rings. The summed E-state index contributed by atoms with van der Waals surface area (Å²) in [6.07, 6.45) is 3.37. The van der Waals surface area contributed by atoms with Crippen LogP contribution >= 0.6 is 11.3 Å². The number of anilines is 1. The number of benzene rings is 2. The second-order valence-electron chi connectivity index (χ2n) is 7.70. The topological polar surface area (TPSA) is 83.8 Å². The van der Waals surface area contributed by atoms with Crippen molar-refractivity contribution in [3.63, 3.8) is 0 Å². The number of rotatable bonds is 6. The van der Waals surface area contributed by atoms with Crippen molar-refractivity contribution in [1.29, 1.82) is 0 Å². The highest BCUT2D eigenvalue weighted by Crippen LogP contribution is 2.32. The molecular weight excluding hydrogens is 443 g/mol. The predicted molar refractivity (Wildman–Crippen MR) is 123 cm³/mol. The van der Waals surface area contributed by atoms with E-state index in [1.165, 1.54) is 46.6 Å². The molecule has 0 saturated carbocycles. The van der Waals surface area contributed by atoms with Crippen LogP contribution < -0.4 is 5.32 Å². The largest absolute Gasteiger partial charge is 0.306 e. The Kier molecular flexibility index (Phi) is 5.26. The highest BCUT2D eigenvalue weighted by molar-refractivity contribution is 7.15. The number of imide groups is 1. The van der Waals surface area contributed by atoms with Gasteiger partial charge in [0.1, 0.15) is 17.3 Å². The number of carbonyl (C=O) groups excluding carboxylic acids is 3. The summed E-state index contributed by atoms with van der Waals surface area (Å²) < 4.78 is 15.1. The van der Waals surface area contributed by atoms with Gasteiger partial charge in [0.05, 0.1) is 11.1 Å². The molecular formula is C24H19FN4O3S. The van der Waals surface area contributed by atoms with Crippen LogP contribution in [0.25, 0.3) is 16.2 Å². The van der Waals surface area contributed by atoms with Crippen molar-refractivity contribution in [1.82, 2.24) is 14.3 Å². The summed E-state index contributed by atoms with van der Waals surface area (Å²) in [5, 5.41) is 4.72. The Morgan fingerprint density at radius 3 is 2.61 bits per heavy atom. The third kappa shape index (κ3) is 3.60. The fourth-order valence-electron chi connectivity index (χ4n) is 3.85. The molecule has 0 radical (unpaired) electrons. The molecule has 0 bridgehead atoms. The van der Waals surface area contributed by atoms with Crippen molar-refractivity contribution in [2.45, 2.75) is 19.8 Å². The molecule has 0 spiro atoms. The molecule has 0 unspecified atom stereocenters. The molecule has 1 N–H and O–H groups in total. The van der Waals surface area contributed by atoms with Gasteiger partial charge in [0.2, 0.25) is 0 Å². The van der Waals surface area contributed by atoms with E-state index in [2.05, 4.69) is 10.3 Å². The lowest BCUT2D eigenvalue weighted by atomic mass is 10.1. The van der Waals surface area contributed by atoms with Gasteiger partial charge in [-0.3, -0.25) is 23.7 Å². The normalized spacial score (nSPS) is 13.1. The van der Waals surface area contributed by atoms with Gasteiger partial charge in [-0.1, -0.05) is 13.3 Å². The molecule has 2 aromatic heterocycles. The van der Waals surface area contributed by atoms with Crippen molar-refractivity contribution in [2.75, 3.05) is 11.9 Å². The van der Waals surface area contributed by atoms with Gasteiger partial charge in [-0.2, -0.15) is 0 Å². The van der Waals surface area contributed by atoms with E-state index in [9.17, 15) is 18.8 Å². The summed E-state index contributed by atoms with van der Waals surface area (Å²) in [5.74, 6) is -1.08. The number of amides is 3. The quantitative estimate of drug-likeness (QED) is 0.415. The minimum Gasteiger partial charge on any atom is -0.306 e. The number of hydrogen-bond donors (Lipinski definition) is 1. The molecule has 0 saturated heterocycles. The van der Waals surface area contributed by atoms with E-state index < -0.39 is 5.91 Å². The van der Waals surface area contributed by atoms with Crippen molar-refractivity contribution in [3.8, 4) is 11.3 Å². The minimum atomic E-state index is -0.443. The first-order valence-corrected chi connectivity index (χ1v) is 11.4. The summed E-state index contributed by atoms with van der Waals surface area (Å²) in [5.41, 5.74) is 1.96. The molecule has 33 heavy (non-hydrogen) atoms. The lowest BCUT2D eigenvalue weighted by molar-refractivity contribution is 0.0652. The third-order valence-electron chi connectivity index (χ3n) is 5.58. The van der Waals surface area contributed by atoms with Crippen molar-refractivity contribution >= 4 is 39.8 Å². The maximum atomic E-state index is 13.4. The van der Waals surface area contributed by atoms with Gasteiger partial charge in [0.25, 0.3) is 17.7 Å². The number of unbranched alkanes of at least 4 members (excludes halogenated alkanes) is 1. The van der Waals surface area contributed by atoms with Gasteiger partial charge in [0, 0.05) is 29.2 Å². The summed E-state index contributed by atoms with van der Waals surface area (Å²) in [6, 6.07) is 10.4. The Balaban J connectivity index is 1.47. The molecule has 0 atom stereocenters. The van der Waals surface area contributed by atoms with Gasteiger partial charge in [0.15, 0.2) is 4.96 Å². The Morgan fingerprint density at radius 1 is 1.09 bits per heavy atom. The van der Waals surface area contributed by atoms with E-state index in [-0.39, 0.29) is 28.8 Å². The van der Waals surface area contributed by atoms with Gasteiger partial charge < -0.3 is 5.32 Å². The number of nitrogens with zero attached hydrogens (tertiary/aromatic N) is 3. The first-order valence-electron chi connectivity index (χ1n) is 10.5. The molecule has 1 aliphatic rings. The Hall–Kier alpha value is -3.85. The zero-order valence-corrected chi connectivity index (χ0v) is 18.5. The number of carbonyl (C=O) groups is 3. The number of fused-ring (bicyclic) bond motifs is 2. The molecule has 3 heterocycles. The number of imidazole rings is 1. The molecule has 0 fully saturated rings. The number of halogens is 1. The zero-order valence-electron chi connectivity index (χ0n) is 17.7. The molecule has 3 amide bonds. The van der Waals surface area contributed by atoms with Crippen LogP contribution in [0.5, 0.6) is 0 Å². The summed E-state index contributed by atoms with van der Waals surface area (Å²) in [6.45, 7) is 2.35. The average molecular weight is 463 g/mol. The van der Waals surface area contributed by atoms with Gasteiger partial charge in [-0.15, -0.1) is 11.3 Å². The lowest BCUT2D eigenvalue weighted by Crippen LogP contribution is -2.30. The van der Waals surface area contributed by atoms with E-state index in [4.69, 9.17) is 0 Å². The maximum Gasteiger partial charge on any atom is 0.261 e. The van der Waals surface area contributed by atoms with E-state index in [0.29, 0.717) is 34.1 Å². The zero-order chi connectivity index (χ0) is 23.1. The molecule has 1 aliphatic heterocycles. The van der Waals surface area contributed by atoms with Gasteiger partial charge in [-0.25, -0.2) is 9.37 Å². The Bertz CT molecular complexity index is 1410. The second kappa shape index (κ2) is 8.25. The van der Waals surface area contributed by atoms with Crippen molar-refractivity contribution < 1.29 is 18.8 Å². The highest BCUT2D eigenvalue weighted by atomic mass is 32.1. The van der Waals surface area contributed by atoms with Crippen molar-refractivity contribution in [2.24, 2.45) is 0 Å². The van der Waals surface area contributed by atoms with Crippen LogP contribution in [0.15, 0.2) is 54.0 Å². The first kappa shape index (κ1) is 21.0. The van der Waals surface area contributed by atoms with Crippen LogP contribution in [0.1, 0.15) is 50.8 Å². The van der Waals surface area contributed by atoms with Gasteiger partial charge >= 0.3 is 0 Å². The van der Waals surface area contributed by atoms with E-state index in [0.717, 1.165) is 12.8 Å². The second-order valence-corrected chi connectivity index (χ2v) is 8.57. The van der Waals surface area contributed by atoms with Gasteiger partial charge in [-0.05, 0) is 48.9 Å². The molecule has 2 aromatic carbocycles. The number of nitrogens with one attached hydrogen (secondary N) is 1. The standard InChI is InChI=1S/C24H19FN4O3S/c1-2-3-10-29-22(31)17-9-6-15(13-18(17)23(29)32)21(30)27-20-19(14-4-7-16(25)8-5-14)26-24-28(20)11-12-33-24/h4-9,11-13H,2-3,10H2,1H3,(H,27,30). The Labute approximate surface area is 192 Å². The molecule has 0 aliphatic carbocycles. The van der Waals surface area contributed by atoms with Crippen LogP contribution in [0, 0.1) is 5.82 Å². The maximum absolute atomic E-state index is 13.4. The average Bonchev–Trinajstić information content (AvgIpc) is 3.47. The number of thiazole rings is 1. The van der Waals surface area contributed by atoms with Crippen LogP contribution in [-0.2, 0) is 0 Å². The molecule has 166 valence electrons. The molecule has 5 rings (SSSR count). The first-order chi connectivity index (χ1) is 16.0. The van der Waals surface area contributed by atoms with Crippen LogP contribution in [0.4, 0.5) is 10.2 Å². The smallest absolute Gasteiger partial charge is 0.261 e. The van der Waals surface area contributed by atoms with E-state index in [1.54, 1.807) is 22.7 Å². The fraction of sp³-hybridized carbons (Fsp3) is 0.167. The van der Waals surface area contributed by atoms with Crippen LogP contribution in [-0.4, -0.2) is 38.6 Å². The van der Waals surface area contributed by atoms with Crippen LogP contribution in [0.2, 0.25) is 0 Å². The summed E-state index contributed by atoms with van der Waals surface area (Å²) >= 11 is 1.41. The predicted octanol–water partition coefficient (Wildman–Crippen LogP) is 4.85. The van der Waals surface area contributed by atoms with E-state index in [1.807, 2.05) is 12.3 Å². The molecule has 9 heteroatoms. The monoisotopic (exact) mass is 462 g/mol. The van der Waals surface area contributed by atoms with Crippen LogP contribution in [0.3, 0.4) is 0 Å². The summed E-state index contributed by atoms with van der Waals surface area (Å²) in [4.78, 5) is 44.9. The van der Waals surface area contributed by atoms with Crippen molar-refractivity contribution in [3.05, 3.63) is 76.5 Å². The molecule has 7 nitrogen and oxygen atoms in total. The summed E-state index contributed by atoms with van der Waals surface area (Å²) in [7, 11) is 0. The third-order valence-corrected chi connectivity index (χ3v) is 6.34. The SMILES string of the molecule is CCCCN1C(=O)c2ccc(C(=O)Nc3c(-c4ccc(F)cc4)nc4sccn34)cc2C1=O. The van der Waals surface area contributed by atoms with E-state index >= 15 is 0 Å². The minimum absolute atomic E-state index is 0.233. The highest BCUT2D eigenvalue weighted by Gasteiger charge is 2.35. The fourth-order valence-corrected chi connectivity index (χ4v) is 4.56. The number of aromatic nitrogens is 2. The lowest BCUT2D eigenvalue weighted by Gasteiger charge is -2.12.